The van der Waals surface area contributed by atoms with Gasteiger partial charge in [-0.2, -0.15) is 5.10 Å². The van der Waals surface area contributed by atoms with Gasteiger partial charge in [-0.3, -0.25) is 19.6 Å². The van der Waals surface area contributed by atoms with Crippen molar-refractivity contribution in [2.24, 2.45) is 5.92 Å². The maximum absolute atomic E-state index is 12.7. The number of likely N-dealkylation sites (tertiary alicyclic amines) is 1. The number of carbonyl (C=O) groups is 2. The fourth-order valence-corrected chi connectivity index (χ4v) is 5.32. The Labute approximate surface area is 234 Å². The molecule has 2 fully saturated rings. The summed E-state index contributed by atoms with van der Waals surface area (Å²) in [5, 5.41) is 31.2. The van der Waals surface area contributed by atoms with Crippen LogP contribution < -0.4 is 16.0 Å². The molecule has 208 valence electrons. The van der Waals surface area contributed by atoms with Gasteiger partial charge in [0.1, 0.15) is 5.52 Å². The molecule has 1 aromatic carbocycles. The van der Waals surface area contributed by atoms with Crippen molar-refractivity contribution in [3.63, 3.8) is 0 Å². The van der Waals surface area contributed by atoms with Crippen molar-refractivity contribution in [1.29, 1.82) is 0 Å². The van der Waals surface area contributed by atoms with E-state index in [-0.39, 0.29) is 30.4 Å². The third-order valence-electron chi connectivity index (χ3n) is 6.88. The number of nitrogens with zero attached hydrogens (tertiary/aromatic N) is 5. The Morgan fingerprint density at radius 2 is 1.85 bits per heavy atom. The molecular formula is C27H31N9O3S. The van der Waals surface area contributed by atoms with E-state index < -0.39 is 0 Å². The van der Waals surface area contributed by atoms with Gasteiger partial charge >= 0.3 is 0 Å². The third kappa shape index (κ3) is 6.43. The molecule has 13 heteroatoms. The molecule has 4 aromatic rings. The molecule has 1 aliphatic carbocycles. The molecule has 0 bridgehead atoms. The van der Waals surface area contributed by atoms with Crippen LogP contribution in [-0.2, 0) is 9.59 Å². The summed E-state index contributed by atoms with van der Waals surface area (Å²) in [6.45, 7) is 3.58. The van der Waals surface area contributed by atoms with Crippen molar-refractivity contribution >= 4 is 52.1 Å². The number of amides is 2. The molecule has 1 saturated heterocycles. The zero-order valence-electron chi connectivity index (χ0n) is 22.1. The second-order valence-corrected chi connectivity index (χ2v) is 11.3. The van der Waals surface area contributed by atoms with Crippen LogP contribution in [0, 0.1) is 12.8 Å². The van der Waals surface area contributed by atoms with Crippen LogP contribution in [0.2, 0.25) is 0 Å². The lowest BCUT2D eigenvalue weighted by molar-refractivity contribution is -0.118. The lowest BCUT2D eigenvalue weighted by Gasteiger charge is -2.28. The number of hydrogen-bond acceptors (Lipinski definition) is 9. The Kier molecular flexibility index (Phi) is 7.41. The third-order valence-corrected chi connectivity index (χ3v) is 7.75. The quantitative estimate of drug-likeness (QED) is 0.207. The monoisotopic (exact) mass is 561 g/mol. The van der Waals surface area contributed by atoms with E-state index in [1.54, 1.807) is 10.7 Å². The van der Waals surface area contributed by atoms with E-state index in [1.807, 2.05) is 48.2 Å². The standard InChI is InChI=1S/C27H31N9O3S/c1-16-12-23(33-32-16)30-25-22-13-19(28-24(38)15-35-10-8-20(37)9-11-35)14-36(22)34-27(31-25)40-21-6-4-18(5-7-21)29-26(39)17-2-3-17/h4-7,12-14,17,20,37H,2-3,8-11,15H2,1H3,(H,28,38)(H,29,39)(H2,30,31,32,33,34). The van der Waals surface area contributed by atoms with Gasteiger partial charge in [0.2, 0.25) is 17.0 Å². The summed E-state index contributed by atoms with van der Waals surface area (Å²) in [5.41, 5.74) is 2.96. The number of benzene rings is 1. The summed E-state index contributed by atoms with van der Waals surface area (Å²) in [4.78, 5) is 32.5. The first-order valence-corrected chi connectivity index (χ1v) is 14.2. The maximum atomic E-state index is 12.7. The van der Waals surface area contributed by atoms with Crippen LogP contribution in [0.5, 0.6) is 0 Å². The Morgan fingerprint density at radius 1 is 1.07 bits per heavy atom. The molecule has 4 heterocycles. The fraction of sp³-hybridized carbons (Fsp3) is 0.370. The first-order chi connectivity index (χ1) is 19.4. The molecular weight excluding hydrogens is 530 g/mol. The van der Waals surface area contributed by atoms with Gasteiger partial charge in [-0.25, -0.2) is 9.50 Å². The molecule has 12 nitrogen and oxygen atoms in total. The number of anilines is 4. The summed E-state index contributed by atoms with van der Waals surface area (Å²) in [5.74, 6) is 1.25. The summed E-state index contributed by atoms with van der Waals surface area (Å²) in [6, 6.07) is 11.3. The average molecular weight is 562 g/mol. The highest BCUT2D eigenvalue weighted by Crippen LogP contribution is 2.32. The predicted octanol–water partition coefficient (Wildman–Crippen LogP) is 3.40. The van der Waals surface area contributed by atoms with Gasteiger partial charge in [-0.05, 0) is 74.7 Å². The normalized spacial score (nSPS) is 16.2. The highest BCUT2D eigenvalue weighted by molar-refractivity contribution is 7.99. The first-order valence-electron chi connectivity index (χ1n) is 13.4. The van der Waals surface area contributed by atoms with E-state index in [4.69, 9.17) is 4.98 Å². The van der Waals surface area contributed by atoms with E-state index >= 15 is 0 Å². The molecule has 1 aliphatic heterocycles. The van der Waals surface area contributed by atoms with Crippen LogP contribution in [0.4, 0.5) is 23.0 Å². The van der Waals surface area contributed by atoms with Gasteiger partial charge in [0, 0.05) is 41.4 Å². The summed E-state index contributed by atoms with van der Waals surface area (Å²) >= 11 is 1.39. The van der Waals surface area contributed by atoms with E-state index in [1.165, 1.54) is 11.8 Å². The number of piperidine rings is 1. The lowest BCUT2D eigenvalue weighted by Crippen LogP contribution is -2.40. The van der Waals surface area contributed by atoms with Crippen molar-refractivity contribution in [1.82, 2.24) is 29.7 Å². The summed E-state index contributed by atoms with van der Waals surface area (Å²) < 4.78 is 1.69. The van der Waals surface area contributed by atoms with Crippen molar-refractivity contribution in [2.45, 2.75) is 48.8 Å². The molecule has 0 unspecified atom stereocenters. The minimum atomic E-state index is -0.280. The highest BCUT2D eigenvalue weighted by Gasteiger charge is 2.29. The SMILES string of the molecule is Cc1cc(Nc2nc(Sc3ccc(NC(=O)C4CC4)cc3)nn3cc(NC(=O)CN4CCC(O)CC4)cc23)n[nH]1. The Hall–Kier alpha value is -3.94. The lowest BCUT2D eigenvalue weighted by atomic mass is 10.1. The summed E-state index contributed by atoms with van der Waals surface area (Å²) in [6.07, 6.45) is 4.76. The molecule has 0 radical (unpaired) electrons. The molecule has 40 heavy (non-hydrogen) atoms. The van der Waals surface area contributed by atoms with Crippen LogP contribution in [0.25, 0.3) is 5.52 Å². The van der Waals surface area contributed by atoms with Gasteiger partial charge in [0.15, 0.2) is 11.6 Å². The molecule has 0 spiro atoms. The molecule has 3 aromatic heterocycles. The largest absolute Gasteiger partial charge is 0.393 e. The molecule has 2 aliphatic rings. The van der Waals surface area contributed by atoms with Crippen LogP contribution in [-0.4, -0.2) is 72.4 Å². The second-order valence-electron chi connectivity index (χ2n) is 10.3. The number of nitrogens with one attached hydrogen (secondary N) is 4. The van der Waals surface area contributed by atoms with Gasteiger partial charge in [0.05, 0.1) is 24.5 Å². The Morgan fingerprint density at radius 3 is 2.55 bits per heavy atom. The zero-order chi connectivity index (χ0) is 27.6. The smallest absolute Gasteiger partial charge is 0.238 e. The number of aliphatic hydroxyl groups excluding tert-OH is 1. The number of H-pyrrole nitrogens is 1. The van der Waals surface area contributed by atoms with Crippen molar-refractivity contribution in [3.05, 3.63) is 48.3 Å². The van der Waals surface area contributed by atoms with Crippen LogP contribution in [0.1, 0.15) is 31.4 Å². The summed E-state index contributed by atoms with van der Waals surface area (Å²) in [7, 11) is 0. The Bertz CT molecular complexity index is 1520. The van der Waals surface area contributed by atoms with Crippen LogP contribution in [0.3, 0.4) is 0 Å². The van der Waals surface area contributed by atoms with Crippen molar-refractivity contribution < 1.29 is 14.7 Å². The van der Waals surface area contributed by atoms with Crippen LogP contribution >= 0.6 is 11.8 Å². The Balaban J connectivity index is 1.20. The first kappa shape index (κ1) is 26.3. The average Bonchev–Trinajstić information content (AvgIpc) is 3.59. The predicted molar refractivity (Wildman–Crippen MR) is 152 cm³/mol. The molecule has 6 rings (SSSR count). The second kappa shape index (κ2) is 11.3. The number of aromatic amines is 1. The number of aryl methyl sites for hydroxylation is 1. The number of aliphatic hydroxyl groups is 1. The molecule has 5 N–H and O–H groups in total. The van der Waals surface area contributed by atoms with Gasteiger partial charge in [-0.1, -0.05) is 0 Å². The van der Waals surface area contributed by atoms with Crippen molar-refractivity contribution in [3.8, 4) is 0 Å². The van der Waals surface area contributed by atoms with Crippen molar-refractivity contribution in [2.75, 3.05) is 35.6 Å². The van der Waals surface area contributed by atoms with E-state index in [9.17, 15) is 14.7 Å². The van der Waals surface area contributed by atoms with Gasteiger partial charge in [0.25, 0.3) is 0 Å². The van der Waals surface area contributed by atoms with Crippen LogP contribution in [0.15, 0.2) is 52.6 Å². The minimum Gasteiger partial charge on any atom is -0.393 e. The van der Waals surface area contributed by atoms with E-state index in [0.717, 1.165) is 29.1 Å². The zero-order valence-corrected chi connectivity index (χ0v) is 22.9. The molecule has 1 saturated carbocycles. The number of carbonyl (C=O) groups excluding carboxylic acids is 2. The number of aromatic nitrogens is 5. The van der Waals surface area contributed by atoms with E-state index in [0.29, 0.717) is 53.9 Å². The van der Waals surface area contributed by atoms with Gasteiger partial charge in [-0.15, -0.1) is 5.10 Å². The molecule has 0 atom stereocenters. The minimum absolute atomic E-state index is 0.0729. The fourth-order valence-electron chi connectivity index (χ4n) is 4.57. The molecule has 2 amide bonds. The number of rotatable bonds is 9. The number of fused-ring (bicyclic) bond motifs is 1. The highest BCUT2D eigenvalue weighted by atomic mass is 32.2. The maximum Gasteiger partial charge on any atom is 0.238 e. The van der Waals surface area contributed by atoms with Gasteiger partial charge < -0.3 is 21.1 Å². The topological polar surface area (TPSA) is 153 Å². The number of hydrogen-bond donors (Lipinski definition) is 5. The van der Waals surface area contributed by atoms with E-state index in [2.05, 4.69) is 31.2 Å².